The van der Waals surface area contributed by atoms with Gasteiger partial charge >= 0.3 is 0 Å². The molecule has 0 spiro atoms. The predicted octanol–water partition coefficient (Wildman–Crippen LogP) is 4.83. The van der Waals surface area contributed by atoms with Crippen molar-refractivity contribution in [3.05, 3.63) is 33.8 Å². The fourth-order valence-electron chi connectivity index (χ4n) is 2.89. The van der Waals surface area contributed by atoms with Gasteiger partial charge < -0.3 is 0 Å². The van der Waals surface area contributed by atoms with E-state index in [1.165, 1.54) is 25.7 Å². The second-order valence-electron chi connectivity index (χ2n) is 5.43. The number of carbonyl (C=O) groups excluding carboxylic acids is 1. The van der Waals surface area contributed by atoms with E-state index < -0.39 is 0 Å². The molecule has 1 heterocycles. The van der Waals surface area contributed by atoms with E-state index in [9.17, 15) is 4.79 Å². The van der Waals surface area contributed by atoms with Gasteiger partial charge in [0, 0.05) is 16.6 Å². The number of ketones is 1. The minimum absolute atomic E-state index is 0.0675. The molecule has 0 saturated carbocycles. The molecule has 0 amide bonds. The van der Waals surface area contributed by atoms with Gasteiger partial charge in [-0.3, -0.25) is 9.69 Å². The van der Waals surface area contributed by atoms with E-state index >= 15 is 0 Å². The summed E-state index contributed by atoms with van der Waals surface area (Å²) in [4.78, 5) is 14.8. The van der Waals surface area contributed by atoms with Crippen LogP contribution < -0.4 is 0 Å². The van der Waals surface area contributed by atoms with Gasteiger partial charge in [-0.25, -0.2) is 0 Å². The molecule has 0 bridgehead atoms. The summed E-state index contributed by atoms with van der Waals surface area (Å²) in [5.41, 5.74) is 0.540. The largest absolute Gasteiger partial charge is 0.293 e. The number of hydrogen-bond acceptors (Lipinski definition) is 2. The van der Waals surface area contributed by atoms with Crippen LogP contribution in [0.15, 0.2) is 18.2 Å². The second-order valence-corrected chi connectivity index (χ2v) is 6.27. The van der Waals surface area contributed by atoms with Gasteiger partial charge in [-0.05, 0) is 44.0 Å². The lowest BCUT2D eigenvalue weighted by molar-refractivity contribution is 0.0890. The van der Waals surface area contributed by atoms with Crippen molar-refractivity contribution >= 4 is 29.0 Å². The van der Waals surface area contributed by atoms with Crippen LogP contribution in [-0.4, -0.2) is 29.8 Å². The van der Waals surface area contributed by atoms with Crippen LogP contribution in [0.25, 0.3) is 0 Å². The molecule has 1 saturated heterocycles. The van der Waals surface area contributed by atoms with Crippen LogP contribution in [0, 0.1) is 0 Å². The quantitative estimate of drug-likeness (QED) is 0.742. The Balaban J connectivity index is 2.11. The average Bonchev–Trinajstić information content (AvgIpc) is 2.66. The Morgan fingerprint density at radius 2 is 2.10 bits per heavy atom. The van der Waals surface area contributed by atoms with Crippen LogP contribution in [0.1, 0.15) is 49.4 Å². The highest BCUT2D eigenvalue weighted by molar-refractivity contribution is 6.36. The van der Waals surface area contributed by atoms with Gasteiger partial charge in [0.15, 0.2) is 5.78 Å². The minimum atomic E-state index is 0.0675. The molecule has 0 radical (unpaired) electrons. The SMILES string of the molecule is CCC1CCCCCN1CC(=O)c1cc(Cl)ccc1Cl. The first-order chi connectivity index (χ1) is 9.61. The molecule has 1 atom stereocenters. The molecule has 1 unspecified atom stereocenters. The molecule has 1 fully saturated rings. The summed E-state index contributed by atoms with van der Waals surface area (Å²) in [6.45, 7) is 3.64. The first-order valence-corrected chi connectivity index (χ1v) is 8.09. The third-order valence-electron chi connectivity index (χ3n) is 4.05. The van der Waals surface area contributed by atoms with Gasteiger partial charge in [0.2, 0.25) is 0 Å². The van der Waals surface area contributed by atoms with Crippen molar-refractivity contribution in [1.82, 2.24) is 4.90 Å². The Labute approximate surface area is 131 Å². The summed E-state index contributed by atoms with van der Waals surface area (Å²) in [6, 6.07) is 5.59. The fraction of sp³-hybridized carbons (Fsp3) is 0.562. The zero-order chi connectivity index (χ0) is 14.5. The van der Waals surface area contributed by atoms with Crippen molar-refractivity contribution in [1.29, 1.82) is 0 Å². The number of Topliss-reactive ketones (excluding diaryl/α,β-unsaturated/α-hetero) is 1. The van der Waals surface area contributed by atoms with E-state index in [4.69, 9.17) is 23.2 Å². The van der Waals surface area contributed by atoms with Gasteiger partial charge in [-0.2, -0.15) is 0 Å². The minimum Gasteiger partial charge on any atom is -0.293 e. The lowest BCUT2D eigenvalue weighted by atomic mass is 10.1. The maximum absolute atomic E-state index is 12.5. The second kappa shape index (κ2) is 7.44. The fourth-order valence-corrected chi connectivity index (χ4v) is 3.28. The predicted molar refractivity (Wildman–Crippen MR) is 84.9 cm³/mol. The molecule has 0 N–H and O–H groups in total. The summed E-state index contributed by atoms with van der Waals surface area (Å²) >= 11 is 12.1. The average molecular weight is 314 g/mol. The number of carbonyl (C=O) groups is 1. The maximum Gasteiger partial charge on any atom is 0.178 e. The Morgan fingerprint density at radius 1 is 1.30 bits per heavy atom. The van der Waals surface area contributed by atoms with Crippen molar-refractivity contribution in [3.8, 4) is 0 Å². The van der Waals surface area contributed by atoms with Gasteiger partial charge in [0.05, 0.1) is 11.6 Å². The molecule has 2 nitrogen and oxygen atoms in total. The summed E-state index contributed by atoms with van der Waals surface area (Å²) in [6.07, 6.45) is 5.98. The first kappa shape index (κ1) is 15.8. The molecule has 110 valence electrons. The van der Waals surface area contributed by atoms with E-state index in [0.717, 1.165) is 13.0 Å². The van der Waals surface area contributed by atoms with Crippen LogP contribution in [0.2, 0.25) is 10.0 Å². The molecule has 2 rings (SSSR count). The molecule has 1 aliphatic rings. The van der Waals surface area contributed by atoms with Gasteiger partial charge in [0.25, 0.3) is 0 Å². The number of nitrogens with zero attached hydrogens (tertiary/aromatic N) is 1. The third kappa shape index (κ3) is 3.97. The standard InChI is InChI=1S/C16H21Cl2NO/c1-2-13-6-4-3-5-9-19(13)11-16(20)14-10-12(17)7-8-15(14)18/h7-8,10,13H,2-6,9,11H2,1H3. The van der Waals surface area contributed by atoms with Crippen molar-refractivity contribution < 1.29 is 4.79 Å². The Morgan fingerprint density at radius 3 is 2.85 bits per heavy atom. The molecule has 1 aromatic rings. The number of rotatable bonds is 4. The molecular weight excluding hydrogens is 293 g/mol. The zero-order valence-corrected chi connectivity index (χ0v) is 13.4. The monoisotopic (exact) mass is 313 g/mol. The van der Waals surface area contributed by atoms with E-state index in [-0.39, 0.29) is 5.78 Å². The van der Waals surface area contributed by atoms with E-state index in [1.54, 1.807) is 18.2 Å². The molecule has 0 aliphatic carbocycles. The number of benzene rings is 1. The molecular formula is C16H21Cl2NO. The Hall–Kier alpha value is -0.570. The summed E-state index contributed by atoms with van der Waals surface area (Å²) in [5.74, 6) is 0.0675. The van der Waals surface area contributed by atoms with E-state index in [2.05, 4.69) is 11.8 Å². The van der Waals surface area contributed by atoms with Gasteiger partial charge in [-0.15, -0.1) is 0 Å². The van der Waals surface area contributed by atoms with Gasteiger partial charge in [0.1, 0.15) is 0 Å². The highest BCUT2D eigenvalue weighted by Gasteiger charge is 2.23. The van der Waals surface area contributed by atoms with Crippen LogP contribution in [-0.2, 0) is 0 Å². The lowest BCUT2D eigenvalue weighted by Gasteiger charge is -2.28. The van der Waals surface area contributed by atoms with E-state index in [0.29, 0.717) is 28.2 Å². The molecule has 20 heavy (non-hydrogen) atoms. The van der Waals surface area contributed by atoms with E-state index in [1.807, 2.05) is 0 Å². The Bertz CT molecular complexity index is 476. The number of hydrogen-bond donors (Lipinski definition) is 0. The van der Waals surface area contributed by atoms with Crippen LogP contribution in [0.3, 0.4) is 0 Å². The third-order valence-corrected chi connectivity index (χ3v) is 4.61. The molecule has 1 aliphatic heterocycles. The Kier molecular flexibility index (Phi) is 5.88. The summed E-state index contributed by atoms with van der Waals surface area (Å²) in [5, 5.41) is 1.04. The van der Waals surface area contributed by atoms with Crippen LogP contribution >= 0.6 is 23.2 Å². The summed E-state index contributed by atoms with van der Waals surface area (Å²) < 4.78 is 0. The highest BCUT2D eigenvalue weighted by atomic mass is 35.5. The van der Waals surface area contributed by atoms with Gasteiger partial charge in [-0.1, -0.05) is 43.0 Å². The smallest absolute Gasteiger partial charge is 0.178 e. The molecule has 4 heteroatoms. The topological polar surface area (TPSA) is 20.3 Å². The zero-order valence-electron chi connectivity index (χ0n) is 11.9. The molecule has 1 aromatic carbocycles. The van der Waals surface area contributed by atoms with Crippen LogP contribution in [0.5, 0.6) is 0 Å². The highest BCUT2D eigenvalue weighted by Crippen LogP contribution is 2.23. The normalized spacial score (nSPS) is 20.6. The maximum atomic E-state index is 12.5. The summed E-state index contributed by atoms with van der Waals surface area (Å²) in [7, 11) is 0. The van der Waals surface area contributed by atoms with Crippen molar-refractivity contribution in [2.24, 2.45) is 0 Å². The molecule has 0 aromatic heterocycles. The number of likely N-dealkylation sites (tertiary alicyclic amines) is 1. The van der Waals surface area contributed by atoms with Crippen molar-refractivity contribution in [2.45, 2.75) is 45.1 Å². The van der Waals surface area contributed by atoms with Crippen LogP contribution in [0.4, 0.5) is 0 Å². The number of halogens is 2. The first-order valence-electron chi connectivity index (χ1n) is 7.34. The van der Waals surface area contributed by atoms with Crippen molar-refractivity contribution in [3.63, 3.8) is 0 Å². The van der Waals surface area contributed by atoms with Crippen molar-refractivity contribution in [2.75, 3.05) is 13.1 Å². The lowest BCUT2D eigenvalue weighted by Crippen LogP contribution is -2.38.